The van der Waals surface area contributed by atoms with Crippen LogP contribution < -0.4 is 0 Å². The first-order chi connectivity index (χ1) is 17.8. The minimum Gasteiger partial charge on any atom is -0.476 e. The zero-order valence-corrected chi connectivity index (χ0v) is 26.1. The molecule has 2 N–H and O–H groups in total. The average molecular weight is 566 g/mol. The highest BCUT2D eigenvalue weighted by atomic mass is 32.2. The molecule has 0 aromatic carbocycles. The highest BCUT2D eigenvalue weighted by Gasteiger charge is 2.58. The zero-order valence-electron chi connectivity index (χ0n) is 24.4. The van der Waals surface area contributed by atoms with Crippen molar-refractivity contribution >= 4 is 25.8 Å². The minimum absolute atomic E-state index is 0.135. The van der Waals surface area contributed by atoms with E-state index in [2.05, 4.69) is 13.8 Å². The van der Waals surface area contributed by atoms with Gasteiger partial charge in [-0.15, -0.1) is 4.52 Å². The second kappa shape index (κ2) is 24.8. The third-order valence-electron chi connectivity index (χ3n) is 6.80. The number of rotatable bonds is 28. The van der Waals surface area contributed by atoms with Gasteiger partial charge in [-0.05, 0) is 36.5 Å². The number of carboxylic acids is 1. The molecule has 0 amide bonds. The van der Waals surface area contributed by atoms with Crippen LogP contribution in [0, 0.1) is 0 Å². The van der Waals surface area contributed by atoms with Crippen molar-refractivity contribution in [2.75, 3.05) is 19.0 Å². The van der Waals surface area contributed by atoms with Gasteiger partial charge >= 0.3 is 19.3 Å². The Morgan fingerprint density at radius 1 is 0.811 bits per heavy atom. The van der Waals surface area contributed by atoms with E-state index in [4.69, 9.17) is 9.26 Å². The molecule has 0 saturated carbocycles. The summed E-state index contributed by atoms with van der Waals surface area (Å²) in [5.41, 5.74) is 0. The van der Waals surface area contributed by atoms with Crippen molar-refractivity contribution in [2.24, 2.45) is 0 Å². The molecule has 8 heteroatoms. The van der Waals surface area contributed by atoms with Crippen LogP contribution in [0.2, 0.25) is 0 Å². The molecule has 0 aromatic heterocycles. The van der Waals surface area contributed by atoms with Crippen molar-refractivity contribution in [3.63, 3.8) is 0 Å². The Balaban J connectivity index is 4.60. The fraction of sp³-hybridized carbons (Fsp3) is 0.966. The fourth-order valence-electron chi connectivity index (χ4n) is 4.23. The number of ether oxygens (including phenoxy) is 1. The second-order valence-corrected chi connectivity index (χ2v) is 13.2. The first kappa shape index (κ1) is 36.8. The van der Waals surface area contributed by atoms with Crippen LogP contribution in [-0.2, 0) is 18.6 Å². The third-order valence-corrected chi connectivity index (χ3v) is 9.71. The van der Waals surface area contributed by atoms with Gasteiger partial charge in [-0.1, -0.05) is 117 Å². The quantitative estimate of drug-likeness (QED) is 0.0721. The van der Waals surface area contributed by atoms with E-state index < -0.39 is 25.9 Å². The van der Waals surface area contributed by atoms with Crippen molar-refractivity contribution in [1.82, 2.24) is 0 Å². The predicted octanol–water partition coefficient (Wildman–Crippen LogP) is 9.11. The highest BCUT2D eigenvalue weighted by Crippen LogP contribution is 2.39. The van der Waals surface area contributed by atoms with E-state index >= 15 is 0 Å². The van der Waals surface area contributed by atoms with Gasteiger partial charge in [0.25, 0.3) is 0 Å². The van der Waals surface area contributed by atoms with Crippen molar-refractivity contribution in [2.45, 2.75) is 160 Å². The van der Waals surface area contributed by atoms with Gasteiger partial charge in [-0.2, -0.15) is 11.8 Å². The van der Waals surface area contributed by atoms with Gasteiger partial charge in [0.1, 0.15) is 13.2 Å². The maximum atomic E-state index is 12.3. The zero-order chi connectivity index (χ0) is 27.8. The van der Waals surface area contributed by atoms with E-state index in [9.17, 15) is 19.6 Å². The topological polar surface area (TPSA) is 93.1 Å². The maximum absolute atomic E-state index is 12.3. The van der Waals surface area contributed by atoms with Crippen LogP contribution in [0.25, 0.3) is 0 Å². The largest absolute Gasteiger partial charge is 0.558 e. The molecule has 0 aliphatic rings. The number of carbonyl (C=O) groups is 1. The number of aliphatic carboxylic acids is 1. The first-order valence-corrected chi connectivity index (χ1v) is 17.3. The smallest absolute Gasteiger partial charge is 0.476 e. The van der Waals surface area contributed by atoms with Crippen LogP contribution >= 0.6 is 19.8 Å². The lowest BCUT2D eigenvalue weighted by Gasteiger charge is -2.25. The molecule has 0 rings (SSSR count). The Bertz CT molecular complexity index is 565. The standard InChI is InChI=1S/C29H57O6PS/c1-5-8-10-12-14-15-16-17-19-21-24-37-27(22-20-18-13-11-9-6-2)26(4)34-25-29(32,28(30)31)36(33)35-23-7-3/h26-27,32H,5-25H2,1-4H3/p+1. The summed E-state index contributed by atoms with van der Waals surface area (Å²) in [5.74, 6) is -0.510. The molecule has 0 radical (unpaired) electrons. The molecule has 0 saturated heterocycles. The Labute approximate surface area is 233 Å². The van der Waals surface area contributed by atoms with Crippen LogP contribution in [0.3, 0.4) is 0 Å². The first-order valence-electron chi connectivity index (χ1n) is 15.1. The monoisotopic (exact) mass is 565 g/mol. The highest BCUT2D eigenvalue weighted by molar-refractivity contribution is 7.99. The molecule has 4 atom stereocenters. The minimum atomic E-state index is -2.79. The van der Waals surface area contributed by atoms with Crippen LogP contribution in [0.4, 0.5) is 0 Å². The van der Waals surface area contributed by atoms with E-state index in [0.717, 1.165) is 18.6 Å². The molecule has 37 heavy (non-hydrogen) atoms. The fourth-order valence-corrected chi connectivity index (χ4v) is 6.49. The number of hydrogen-bond donors (Lipinski definition) is 2. The summed E-state index contributed by atoms with van der Waals surface area (Å²) in [5, 5.41) is 17.8. The van der Waals surface area contributed by atoms with Gasteiger partial charge in [0.05, 0.1) is 6.10 Å². The van der Waals surface area contributed by atoms with Crippen molar-refractivity contribution in [3.05, 3.63) is 0 Å². The predicted molar refractivity (Wildman–Crippen MR) is 158 cm³/mol. The van der Waals surface area contributed by atoms with E-state index in [1.54, 1.807) is 0 Å². The van der Waals surface area contributed by atoms with Gasteiger partial charge < -0.3 is 14.9 Å². The van der Waals surface area contributed by atoms with Crippen molar-refractivity contribution in [3.8, 4) is 0 Å². The van der Waals surface area contributed by atoms with Gasteiger partial charge in [0.2, 0.25) is 0 Å². The lowest BCUT2D eigenvalue weighted by Crippen LogP contribution is -2.42. The lowest BCUT2D eigenvalue weighted by molar-refractivity contribution is -0.156. The third kappa shape index (κ3) is 18.7. The number of hydrogen-bond acceptors (Lipinski definition) is 6. The van der Waals surface area contributed by atoms with Crippen LogP contribution in [-0.4, -0.2) is 51.8 Å². The number of carboxylic acid groups (broad SMARTS) is 1. The average Bonchev–Trinajstić information content (AvgIpc) is 2.89. The molecule has 6 nitrogen and oxygen atoms in total. The van der Waals surface area contributed by atoms with E-state index in [1.807, 2.05) is 25.6 Å². The Morgan fingerprint density at radius 2 is 1.30 bits per heavy atom. The summed E-state index contributed by atoms with van der Waals surface area (Å²) in [4.78, 5) is 11.7. The van der Waals surface area contributed by atoms with Gasteiger partial charge in [0.15, 0.2) is 0 Å². The molecule has 0 aliphatic carbocycles. The molecule has 0 heterocycles. The molecule has 0 aliphatic heterocycles. The normalized spacial score (nSPS) is 15.3. The molecule has 0 aromatic rings. The Kier molecular flexibility index (Phi) is 24.7. The van der Waals surface area contributed by atoms with Gasteiger partial charge in [0, 0.05) is 5.25 Å². The van der Waals surface area contributed by atoms with Crippen molar-refractivity contribution in [1.29, 1.82) is 0 Å². The van der Waals surface area contributed by atoms with Crippen LogP contribution in [0.1, 0.15) is 143 Å². The van der Waals surface area contributed by atoms with Crippen molar-refractivity contribution < 1.29 is 28.8 Å². The van der Waals surface area contributed by atoms with Crippen LogP contribution in [0.15, 0.2) is 0 Å². The SMILES string of the molecule is CCCCCCCCCCCCSC(CCCCCCCC)C(C)OCC(O)(C(=O)O)[P+](=O)OCCC. The number of unbranched alkanes of at least 4 members (excludes halogenated alkanes) is 14. The summed E-state index contributed by atoms with van der Waals surface area (Å²) in [6, 6.07) is 0. The molecule has 0 bridgehead atoms. The number of aliphatic hydroxyl groups is 1. The summed E-state index contributed by atoms with van der Waals surface area (Å²) in [6.45, 7) is 7.85. The number of thioether (sulfide) groups is 1. The summed E-state index contributed by atoms with van der Waals surface area (Å²) in [7, 11) is -2.79. The summed E-state index contributed by atoms with van der Waals surface area (Å²) < 4.78 is 23.3. The molecule has 0 fully saturated rings. The molecule has 4 unspecified atom stereocenters. The maximum Gasteiger partial charge on any atom is 0.558 e. The van der Waals surface area contributed by atoms with Crippen LogP contribution in [0.5, 0.6) is 0 Å². The summed E-state index contributed by atoms with van der Waals surface area (Å²) in [6.07, 6.45) is 21.8. The Hall–Kier alpha value is -0.200. The van der Waals surface area contributed by atoms with E-state index in [-0.39, 0.29) is 18.0 Å². The second-order valence-electron chi connectivity index (χ2n) is 10.4. The van der Waals surface area contributed by atoms with E-state index in [1.165, 1.54) is 96.3 Å². The molecular formula is C29H58O6PS+. The molecular weight excluding hydrogens is 507 g/mol. The molecule has 220 valence electrons. The van der Waals surface area contributed by atoms with Gasteiger partial charge in [-0.3, -0.25) is 0 Å². The lowest BCUT2D eigenvalue weighted by atomic mass is 10.1. The van der Waals surface area contributed by atoms with Gasteiger partial charge in [-0.25, -0.2) is 4.79 Å². The molecule has 0 spiro atoms. The Morgan fingerprint density at radius 3 is 1.78 bits per heavy atom. The van der Waals surface area contributed by atoms with E-state index in [0.29, 0.717) is 6.42 Å². The summed E-state index contributed by atoms with van der Waals surface area (Å²) >= 11 is 1.90.